The van der Waals surface area contributed by atoms with E-state index in [0.717, 1.165) is 24.7 Å². The van der Waals surface area contributed by atoms with Crippen molar-refractivity contribution in [2.45, 2.75) is 70.9 Å². The molecule has 2 aliphatic rings. The lowest BCUT2D eigenvalue weighted by Gasteiger charge is -2.39. The predicted octanol–water partition coefficient (Wildman–Crippen LogP) is 6.04. The van der Waals surface area contributed by atoms with E-state index in [1.165, 1.54) is 43.2 Å². The summed E-state index contributed by atoms with van der Waals surface area (Å²) in [7, 11) is 0. The number of benzene rings is 1. The highest BCUT2D eigenvalue weighted by atomic mass is 19.1. The van der Waals surface area contributed by atoms with Gasteiger partial charge in [0.15, 0.2) is 0 Å². The fourth-order valence-corrected chi connectivity index (χ4v) is 4.52. The zero-order valence-electron chi connectivity index (χ0n) is 13.5. The number of alkyl halides is 1. The molecule has 0 N–H and O–H groups in total. The summed E-state index contributed by atoms with van der Waals surface area (Å²) in [6.45, 7) is 4.46. The second-order valence-electron chi connectivity index (χ2n) is 7.63. The van der Waals surface area contributed by atoms with Gasteiger partial charge >= 0.3 is 0 Å². The van der Waals surface area contributed by atoms with Crippen molar-refractivity contribution in [1.82, 2.24) is 0 Å². The molecule has 0 amide bonds. The second kappa shape index (κ2) is 6.50. The van der Waals surface area contributed by atoms with Crippen molar-refractivity contribution < 1.29 is 4.39 Å². The molecule has 2 saturated carbocycles. The summed E-state index contributed by atoms with van der Waals surface area (Å²) >= 11 is 0. The molecule has 0 radical (unpaired) electrons. The molecule has 0 aromatic heterocycles. The van der Waals surface area contributed by atoms with Gasteiger partial charge in [0.25, 0.3) is 0 Å². The largest absolute Gasteiger partial charge is 0.247 e. The van der Waals surface area contributed by atoms with Gasteiger partial charge in [-0.1, -0.05) is 49.6 Å². The Labute approximate surface area is 129 Å². The third-order valence-corrected chi connectivity index (χ3v) is 6.05. The maximum Gasteiger partial charge on any atom is 0.107 e. The standard InChI is InChI=1S/C20H29F/c1-14-3-7-16(8-4-14)18-11-12-19(20(21)13-18)17-9-5-15(2)6-10-17/h5-6,9-10,14,16,18-20H,3-4,7-8,11-13H2,1-2H3/t14?,16?,18-,19?,20?/m0/s1. The van der Waals surface area contributed by atoms with Gasteiger partial charge in [-0.05, 0) is 62.3 Å². The first-order valence-corrected chi connectivity index (χ1v) is 8.84. The number of aryl methyl sites for hydroxylation is 1. The van der Waals surface area contributed by atoms with E-state index >= 15 is 0 Å². The van der Waals surface area contributed by atoms with E-state index in [1.54, 1.807) is 0 Å². The summed E-state index contributed by atoms with van der Waals surface area (Å²) in [5.41, 5.74) is 2.47. The van der Waals surface area contributed by atoms with E-state index in [2.05, 4.69) is 38.1 Å². The molecule has 2 fully saturated rings. The number of rotatable bonds is 2. The first-order valence-electron chi connectivity index (χ1n) is 8.84. The van der Waals surface area contributed by atoms with Gasteiger partial charge in [-0.2, -0.15) is 0 Å². The van der Waals surface area contributed by atoms with E-state index in [1.807, 2.05) is 0 Å². The molecule has 1 aromatic carbocycles. The van der Waals surface area contributed by atoms with Crippen molar-refractivity contribution in [2.75, 3.05) is 0 Å². The molecule has 2 unspecified atom stereocenters. The van der Waals surface area contributed by atoms with Crippen molar-refractivity contribution in [3.05, 3.63) is 35.4 Å². The van der Waals surface area contributed by atoms with Crippen molar-refractivity contribution >= 4 is 0 Å². The molecule has 0 heterocycles. The van der Waals surface area contributed by atoms with Crippen molar-refractivity contribution in [1.29, 1.82) is 0 Å². The Morgan fingerprint density at radius 1 is 0.857 bits per heavy atom. The topological polar surface area (TPSA) is 0 Å². The molecule has 0 spiro atoms. The van der Waals surface area contributed by atoms with E-state index in [0.29, 0.717) is 5.92 Å². The number of hydrogen-bond donors (Lipinski definition) is 0. The molecule has 3 atom stereocenters. The van der Waals surface area contributed by atoms with Gasteiger partial charge in [-0.15, -0.1) is 0 Å². The van der Waals surface area contributed by atoms with E-state index in [-0.39, 0.29) is 5.92 Å². The quantitative estimate of drug-likeness (QED) is 0.622. The highest BCUT2D eigenvalue weighted by molar-refractivity contribution is 5.26. The summed E-state index contributed by atoms with van der Waals surface area (Å²) in [5, 5.41) is 0. The smallest absolute Gasteiger partial charge is 0.107 e. The van der Waals surface area contributed by atoms with Crippen molar-refractivity contribution in [3.63, 3.8) is 0 Å². The molecule has 21 heavy (non-hydrogen) atoms. The summed E-state index contributed by atoms with van der Waals surface area (Å²) in [4.78, 5) is 0. The van der Waals surface area contributed by atoms with Crippen molar-refractivity contribution in [2.24, 2.45) is 17.8 Å². The highest BCUT2D eigenvalue weighted by Crippen LogP contribution is 2.44. The first kappa shape index (κ1) is 15.1. The summed E-state index contributed by atoms with van der Waals surface area (Å²) in [6, 6.07) is 8.51. The van der Waals surface area contributed by atoms with Crippen LogP contribution in [0, 0.1) is 24.7 Å². The van der Waals surface area contributed by atoms with Crippen LogP contribution in [0.25, 0.3) is 0 Å². The van der Waals surface area contributed by atoms with Gasteiger partial charge in [0.05, 0.1) is 0 Å². The summed E-state index contributed by atoms with van der Waals surface area (Å²) in [5.74, 6) is 2.49. The molecule has 0 aliphatic heterocycles. The van der Waals surface area contributed by atoms with E-state index in [9.17, 15) is 4.39 Å². The van der Waals surface area contributed by atoms with Crippen LogP contribution in [0.15, 0.2) is 24.3 Å². The first-order chi connectivity index (χ1) is 10.1. The minimum absolute atomic E-state index is 0.143. The van der Waals surface area contributed by atoms with Gasteiger partial charge in [0.1, 0.15) is 6.17 Å². The van der Waals surface area contributed by atoms with Crippen LogP contribution in [-0.2, 0) is 0 Å². The monoisotopic (exact) mass is 288 g/mol. The average Bonchev–Trinajstić information content (AvgIpc) is 2.49. The molecule has 0 bridgehead atoms. The summed E-state index contributed by atoms with van der Waals surface area (Å²) in [6.07, 6.45) is 7.85. The molecule has 3 rings (SSSR count). The van der Waals surface area contributed by atoms with Gasteiger partial charge in [-0.25, -0.2) is 4.39 Å². The normalized spacial score (nSPS) is 37.4. The average molecular weight is 288 g/mol. The van der Waals surface area contributed by atoms with Gasteiger partial charge < -0.3 is 0 Å². The Kier molecular flexibility index (Phi) is 4.66. The van der Waals surface area contributed by atoms with Crippen LogP contribution in [0.4, 0.5) is 4.39 Å². The lowest BCUT2D eigenvalue weighted by Crippen LogP contribution is -2.30. The molecule has 0 saturated heterocycles. The Hall–Kier alpha value is -0.850. The molecule has 116 valence electrons. The fourth-order valence-electron chi connectivity index (χ4n) is 4.52. The Morgan fingerprint density at radius 3 is 2.10 bits per heavy atom. The zero-order valence-corrected chi connectivity index (χ0v) is 13.5. The number of hydrogen-bond acceptors (Lipinski definition) is 0. The number of halogens is 1. The van der Waals surface area contributed by atoms with E-state index < -0.39 is 6.17 Å². The maximum absolute atomic E-state index is 14.7. The van der Waals surface area contributed by atoms with Crippen LogP contribution in [0.3, 0.4) is 0 Å². The zero-order chi connectivity index (χ0) is 14.8. The third kappa shape index (κ3) is 3.49. The van der Waals surface area contributed by atoms with Gasteiger partial charge in [-0.3, -0.25) is 0 Å². The molecule has 0 nitrogen and oxygen atoms in total. The van der Waals surface area contributed by atoms with Crippen molar-refractivity contribution in [3.8, 4) is 0 Å². The van der Waals surface area contributed by atoms with Crippen LogP contribution in [0.1, 0.15) is 68.9 Å². The van der Waals surface area contributed by atoms with E-state index in [4.69, 9.17) is 0 Å². The molecular weight excluding hydrogens is 259 g/mol. The van der Waals surface area contributed by atoms with Gasteiger partial charge in [0, 0.05) is 5.92 Å². The van der Waals surface area contributed by atoms with Crippen LogP contribution >= 0.6 is 0 Å². The fraction of sp³-hybridized carbons (Fsp3) is 0.700. The third-order valence-electron chi connectivity index (χ3n) is 6.05. The lowest BCUT2D eigenvalue weighted by atomic mass is 9.68. The minimum Gasteiger partial charge on any atom is -0.247 e. The van der Waals surface area contributed by atoms with Crippen LogP contribution in [0.2, 0.25) is 0 Å². The maximum atomic E-state index is 14.7. The molecule has 1 heteroatoms. The molecule has 1 aromatic rings. The SMILES string of the molecule is Cc1ccc(C2CC[C@H](C3CCC(C)CC3)CC2F)cc1. The van der Waals surface area contributed by atoms with Crippen LogP contribution in [0.5, 0.6) is 0 Å². The van der Waals surface area contributed by atoms with Gasteiger partial charge in [0.2, 0.25) is 0 Å². The lowest BCUT2D eigenvalue weighted by molar-refractivity contribution is 0.105. The Morgan fingerprint density at radius 2 is 1.48 bits per heavy atom. The van der Waals surface area contributed by atoms with Crippen LogP contribution < -0.4 is 0 Å². The Balaban J connectivity index is 1.60. The summed E-state index contributed by atoms with van der Waals surface area (Å²) < 4.78 is 14.7. The molecule has 2 aliphatic carbocycles. The predicted molar refractivity (Wildman–Crippen MR) is 87.3 cm³/mol. The van der Waals surface area contributed by atoms with Crippen LogP contribution in [-0.4, -0.2) is 6.17 Å². The highest BCUT2D eigenvalue weighted by Gasteiger charge is 2.36. The Bertz CT molecular complexity index is 441. The molecular formula is C20H29F. The minimum atomic E-state index is -0.634. The second-order valence-corrected chi connectivity index (χ2v) is 7.63.